The zero-order chi connectivity index (χ0) is 19.6. The lowest BCUT2D eigenvalue weighted by molar-refractivity contribution is 0.0705. The van der Waals surface area contributed by atoms with Crippen LogP contribution in [0.2, 0.25) is 0 Å². The maximum absolute atomic E-state index is 13.1. The van der Waals surface area contributed by atoms with Crippen molar-refractivity contribution in [1.82, 2.24) is 15.1 Å². The minimum absolute atomic E-state index is 0.0707. The Labute approximate surface area is 171 Å². The molecule has 5 rings (SSSR count). The standard InChI is InChI=1S/C22H19N3O3S/c26-22(19-13-15-7-4-5-11-18(15)28-19)25-12-6-10-17(25)21-24-23-20(29-21)14-27-16-8-2-1-3-9-16/h1-5,7-9,11,13,17H,6,10,12,14H2. The highest BCUT2D eigenvalue weighted by atomic mass is 32.1. The topological polar surface area (TPSA) is 68.5 Å². The van der Waals surface area contributed by atoms with Crippen LogP contribution in [-0.4, -0.2) is 27.5 Å². The van der Waals surface area contributed by atoms with E-state index in [0.717, 1.165) is 39.6 Å². The van der Waals surface area contributed by atoms with Crippen LogP contribution in [0.4, 0.5) is 0 Å². The predicted molar refractivity (Wildman–Crippen MR) is 110 cm³/mol. The van der Waals surface area contributed by atoms with Crippen LogP contribution < -0.4 is 4.74 Å². The predicted octanol–water partition coefficient (Wildman–Crippen LogP) is 4.84. The van der Waals surface area contributed by atoms with Crippen LogP contribution >= 0.6 is 11.3 Å². The van der Waals surface area contributed by atoms with Gasteiger partial charge in [-0.1, -0.05) is 47.7 Å². The number of aromatic nitrogens is 2. The highest BCUT2D eigenvalue weighted by Gasteiger charge is 2.34. The number of hydrogen-bond acceptors (Lipinski definition) is 6. The summed E-state index contributed by atoms with van der Waals surface area (Å²) in [6.45, 7) is 1.06. The molecule has 4 aromatic rings. The molecule has 1 unspecified atom stereocenters. The smallest absolute Gasteiger partial charge is 0.290 e. The molecule has 146 valence electrons. The minimum Gasteiger partial charge on any atom is -0.486 e. The van der Waals surface area contributed by atoms with Crippen molar-refractivity contribution in [2.75, 3.05) is 6.54 Å². The minimum atomic E-state index is -0.0963. The second-order valence-corrected chi connectivity index (χ2v) is 8.03. The van der Waals surface area contributed by atoms with E-state index in [2.05, 4.69) is 10.2 Å². The Kier molecular flexibility index (Phi) is 4.73. The van der Waals surface area contributed by atoms with Crippen LogP contribution in [-0.2, 0) is 6.61 Å². The first-order chi connectivity index (χ1) is 14.3. The molecule has 0 aliphatic carbocycles. The van der Waals surface area contributed by atoms with Gasteiger partial charge in [-0.05, 0) is 37.1 Å². The maximum atomic E-state index is 13.1. The molecule has 1 aliphatic rings. The molecule has 0 bridgehead atoms. The summed E-state index contributed by atoms with van der Waals surface area (Å²) in [7, 11) is 0. The number of fused-ring (bicyclic) bond motifs is 1. The molecule has 1 amide bonds. The monoisotopic (exact) mass is 405 g/mol. The van der Waals surface area contributed by atoms with E-state index in [1.807, 2.05) is 65.6 Å². The zero-order valence-electron chi connectivity index (χ0n) is 15.7. The van der Waals surface area contributed by atoms with E-state index in [9.17, 15) is 4.79 Å². The molecule has 7 heteroatoms. The summed E-state index contributed by atoms with van der Waals surface area (Å²) in [5.41, 5.74) is 0.725. The molecule has 0 saturated carbocycles. The van der Waals surface area contributed by atoms with E-state index in [4.69, 9.17) is 9.15 Å². The number of para-hydroxylation sites is 2. The zero-order valence-corrected chi connectivity index (χ0v) is 16.5. The second-order valence-electron chi connectivity index (χ2n) is 6.94. The number of nitrogens with zero attached hydrogens (tertiary/aromatic N) is 3. The number of rotatable bonds is 5. The average molecular weight is 405 g/mol. The quantitative estimate of drug-likeness (QED) is 0.475. The van der Waals surface area contributed by atoms with Crippen molar-refractivity contribution in [2.24, 2.45) is 0 Å². The number of benzene rings is 2. The number of hydrogen-bond donors (Lipinski definition) is 0. The van der Waals surface area contributed by atoms with E-state index >= 15 is 0 Å². The molecular weight excluding hydrogens is 386 g/mol. The van der Waals surface area contributed by atoms with Crippen molar-refractivity contribution in [1.29, 1.82) is 0 Å². The van der Waals surface area contributed by atoms with Crippen molar-refractivity contribution in [3.05, 3.63) is 76.4 Å². The third-order valence-corrected chi connectivity index (χ3v) is 6.02. The first-order valence-corrected chi connectivity index (χ1v) is 10.4. The summed E-state index contributed by atoms with van der Waals surface area (Å²) in [6, 6.07) is 19.0. The molecule has 0 N–H and O–H groups in total. The first-order valence-electron chi connectivity index (χ1n) is 9.57. The lowest BCUT2D eigenvalue weighted by Crippen LogP contribution is -2.30. The molecule has 29 heavy (non-hydrogen) atoms. The van der Waals surface area contributed by atoms with Crippen LogP contribution in [0, 0.1) is 0 Å². The molecule has 1 saturated heterocycles. The van der Waals surface area contributed by atoms with Crippen molar-refractivity contribution >= 4 is 28.2 Å². The largest absolute Gasteiger partial charge is 0.486 e. The molecule has 1 fully saturated rings. The summed E-state index contributed by atoms with van der Waals surface area (Å²) < 4.78 is 11.5. The highest BCUT2D eigenvalue weighted by molar-refractivity contribution is 7.11. The van der Waals surface area contributed by atoms with Crippen molar-refractivity contribution < 1.29 is 13.9 Å². The SMILES string of the molecule is O=C(c1cc2ccccc2o1)N1CCCC1c1nnc(COc2ccccc2)s1. The second kappa shape index (κ2) is 7.67. The number of furan rings is 1. The molecule has 2 aromatic heterocycles. The van der Waals surface area contributed by atoms with Crippen molar-refractivity contribution in [3.63, 3.8) is 0 Å². The first kappa shape index (κ1) is 17.9. The Morgan fingerprint density at radius 2 is 1.97 bits per heavy atom. The molecule has 6 nitrogen and oxygen atoms in total. The van der Waals surface area contributed by atoms with Gasteiger partial charge in [0.05, 0.1) is 6.04 Å². The molecule has 1 atom stereocenters. The van der Waals surface area contributed by atoms with E-state index in [0.29, 0.717) is 18.9 Å². The molecule has 3 heterocycles. The van der Waals surface area contributed by atoms with Gasteiger partial charge in [0.1, 0.15) is 22.9 Å². The summed E-state index contributed by atoms with van der Waals surface area (Å²) in [4.78, 5) is 14.9. The Balaban J connectivity index is 1.31. The van der Waals surface area contributed by atoms with Gasteiger partial charge < -0.3 is 14.1 Å². The van der Waals surface area contributed by atoms with Gasteiger partial charge in [0.25, 0.3) is 5.91 Å². The molecular formula is C22H19N3O3S. The summed E-state index contributed by atoms with van der Waals surface area (Å²) >= 11 is 1.50. The number of carbonyl (C=O) groups excluding carboxylic acids is 1. The summed E-state index contributed by atoms with van der Waals surface area (Å²) in [6.07, 6.45) is 1.81. The van der Waals surface area contributed by atoms with Crippen LogP contribution in [0.3, 0.4) is 0 Å². The van der Waals surface area contributed by atoms with Crippen LogP contribution in [0.5, 0.6) is 5.75 Å². The van der Waals surface area contributed by atoms with Gasteiger partial charge >= 0.3 is 0 Å². The summed E-state index contributed by atoms with van der Waals surface area (Å²) in [5, 5.41) is 11.2. The van der Waals surface area contributed by atoms with E-state index in [1.165, 1.54) is 11.3 Å². The van der Waals surface area contributed by atoms with Gasteiger partial charge in [-0.15, -0.1) is 10.2 Å². The van der Waals surface area contributed by atoms with E-state index < -0.39 is 0 Å². The van der Waals surface area contributed by atoms with Gasteiger partial charge in [0.2, 0.25) is 0 Å². The number of carbonyl (C=O) groups is 1. The fraction of sp³-hybridized carbons (Fsp3) is 0.227. The molecule has 1 aliphatic heterocycles. The third-order valence-electron chi connectivity index (χ3n) is 5.02. The van der Waals surface area contributed by atoms with Gasteiger partial charge in [-0.25, -0.2) is 0 Å². The van der Waals surface area contributed by atoms with Gasteiger partial charge in [0, 0.05) is 11.9 Å². The van der Waals surface area contributed by atoms with Crippen LogP contribution in [0.25, 0.3) is 11.0 Å². The average Bonchev–Trinajstić information content (AvgIpc) is 3.51. The fourth-order valence-corrected chi connectivity index (χ4v) is 4.52. The highest BCUT2D eigenvalue weighted by Crippen LogP contribution is 2.35. The normalized spacial score (nSPS) is 16.4. The van der Waals surface area contributed by atoms with Crippen LogP contribution in [0.15, 0.2) is 65.1 Å². The fourth-order valence-electron chi connectivity index (χ4n) is 3.62. The Morgan fingerprint density at radius 3 is 2.83 bits per heavy atom. The van der Waals surface area contributed by atoms with Crippen molar-refractivity contribution in [2.45, 2.75) is 25.5 Å². The van der Waals surface area contributed by atoms with E-state index in [-0.39, 0.29) is 11.9 Å². The Bertz CT molecular complexity index is 1110. The van der Waals surface area contributed by atoms with Gasteiger partial charge in [-0.2, -0.15) is 0 Å². The van der Waals surface area contributed by atoms with Gasteiger partial charge in [0.15, 0.2) is 10.8 Å². The molecule has 0 radical (unpaired) electrons. The molecule has 0 spiro atoms. The number of ether oxygens (including phenoxy) is 1. The maximum Gasteiger partial charge on any atom is 0.290 e. The van der Waals surface area contributed by atoms with Gasteiger partial charge in [-0.3, -0.25) is 4.79 Å². The number of amides is 1. The third kappa shape index (κ3) is 3.61. The number of likely N-dealkylation sites (tertiary alicyclic amines) is 1. The lowest BCUT2D eigenvalue weighted by atomic mass is 10.2. The Morgan fingerprint density at radius 1 is 1.14 bits per heavy atom. The van der Waals surface area contributed by atoms with E-state index in [1.54, 1.807) is 0 Å². The lowest BCUT2D eigenvalue weighted by Gasteiger charge is -2.21. The van der Waals surface area contributed by atoms with Crippen LogP contribution in [0.1, 0.15) is 39.5 Å². The summed E-state index contributed by atoms with van der Waals surface area (Å²) in [5.74, 6) is 1.07. The Hall–Kier alpha value is -3.19. The molecule has 2 aromatic carbocycles. The van der Waals surface area contributed by atoms with Crippen molar-refractivity contribution in [3.8, 4) is 5.75 Å².